The zero-order valence-corrected chi connectivity index (χ0v) is 33.5. The second-order valence-corrected chi connectivity index (χ2v) is 17.1. The predicted octanol–water partition coefficient (Wildman–Crippen LogP) is 15.6. The molecule has 0 N–H and O–H groups in total. The molecule has 0 saturated heterocycles. The van der Waals surface area contributed by atoms with Crippen molar-refractivity contribution in [3.63, 3.8) is 0 Å². The molecule has 2 heterocycles. The average Bonchev–Trinajstić information content (AvgIpc) is 4.02. The monoisotopic (exact) mass is 780 g/mol. The molecule has 3 heteroatoms. The quantitative estimate of drug-likeness (QED) is 0.169. The molecule has 0 atom stereocenters. The van der Waals surface area contributed by atoms with Crippen molar-refractivity contribution in [1.82, 2.24) is 4.57 Å². The van der Waals surface area contributed by atoms with Gasteiger partial charge in [0.2, 0.25) is 0 Å². The van der Waals surface area contributed by atoms with Crippen LogP contribution < -0.4 is 4.90 Å². The lowest BCUT2D eigenvalue weighted by Gasteiger charge is -2.32. The van der Waals surface area contributed by atoms with Crippen LogP contribution in [-0.2, 0) is 5.41 Å². The summed E-state index contributed by atoms with van der Waals surface area (Å²) in [4.78, 5) is 2.48. The van der Waals surface area contributed by atoms with Crippen molar-refractivity contribution < 1.29 is 0 Å². The first-order chi connectivity index (χ1) is 29.7. The predicted molar refractivity (Wildman–Crippen MR) is 255 cm³/mol. The average molecular weight is 781 g/mol. The molecule has 60 heavy (non-hydrogen) atoms. The Kier molecular flexibility index (Phi) is 6.99. The van der Waals surface area contributed by atoms with Gasteiger partial charge in [-0.3, -0.25) is 0 Å². The van der Waals surface area contributed by atoms with E-state index in [1.54, 1.807) is 0 Å². The van der Waals surface area contributed by atoms with Crippen LogP contribution >= 0.6 is 11.3 Å². The second-order valence-electron chi connectivity index (χ2n) is 16.1. The number of anilines is 3. The van der Waals surface area contributed by atoms with Crippen molar-refractivity contribution in [3.8, 4) is 27.9 Å². The van der Waals surface area contributed by atoms with Crippen molar-refractivity contribution >= 4 is 76.5 Å². The van der Waals surface area contributed by atoms with Crippen molar-refractivity contribution in [1.29, 1.82) is 0 Å². The Balaban J connectivity index is 1.11. The molecule has 2 nitrogen and oxygen atoms in total. The molecule has 2 aromatic heterocycles. The SMILES string of the molecule is C=Cc1ccc(N(c2ccc3c4cc5sc6ccccc6c5cc4n(-c4ccccc4)c3c2)c2cccc3c2-c2ccccc2C32c3ccccc3-c3ccccc32)cc1. The summed E-state index contributed by atoms with van der Waals surface area (Å²) < 4.78 is 5.09. The van der Waals surface area contributed by atoms with Gasteiger partial charge in [0.1, 0.15) is 0 Å². The highest BCUT2D eigenvalue weighted by atomic mass is 32.1. The van der Waals surface area contributed by atoms with Gasteiger partial charge >= 0.3 is 0 Å². The number of hydrogen-bond acceptors (Lipinski definition) is 2. The second kappa shape index (κ2) is 12.5. The third-order valence-corrected chi connectivity index (χ3v) is 14.3. The van der Waals surface area contributed by atoms with Crippen LogP contribution in [0.5, 0.6) is 0 Å². The van der Waals surface area contributed by atoms with Crippen molar-refractivity contribution in [2.75, 3.05) is 4.90 Å². The smallest absolute Gasteiger partial charge is 0.0726 e. The molecule has 11 aromatic rings. The van der Waals surface area contributed by atoms with E-state index in [1.165, 1.54) is 86.5 Å². The Morgan fingerprint density at radius 2 is 1.07 bits per heavy atom. The fourth-order valence-electron chi connectivity index (χ4n) is 10.7. The molecule has 0 saturated carbocycles. The van der Waals surface area contributed by atoms with Crippen LogP contribution in [0.4, 0.5) is 17.1 Å². The molecule has 2 aliphatic rings. The summed E-state index contributed by atoms with van der Waals surface area (Å²) in [6, 6.07) is 74.5. The van der Waals surface area contributed by atoms with E-state index in [0.29, 0.717) is 0 Å². The molecule has 280 valence electrons. The van der Waals surface area contributed by atoms with Gasteiger partial charge in [0.05, 0.1) is 22.1 Å². The lowest BCUT2D eigenvalue weighted by Crippen LogP contribution is -2.26. The Labute approximate surface area is 352 Å². The minimum Gasteiger partial charge on any atom is -0.310 e. The van der Waals surface area contributed by atoms with Crippen LogP contribution in [0.3, 0.4) is 0 Å². The van der Waals surface area contributed by atoms with Crippen LogP contribution in [0.15, 0.2) is 207 Å². The highest BCUT2D eigenvalue weighted by Crippen LogP contribution is 2.64. The van der Waals surface area contributed by atoms with Gasteiger partial charge in [0, 0.05) is 53.6 Å². The van der Waals surface area contributed by atoms with E-state index in [-0.39, 0.29) is 0 Å². The first-order valence-electron chi connectivity index (χ1n) is 20.6. The Morgan fingerprint density at radius 3 is 1.82 bits per heavy atom. The molecular weight excluding hydrogens is 745 g/mol. The highest BCUT2D eigenvalue weighted by molar-refractivity contribution is 7.25. The lowest BCUT2D eigenvalue weighted by atomic mass is 9.70. The molecule has 0 fully saturated rings. The highest BCUT2D eigenvalue weighted by Gasteiger charge is 2.52. The van der Waals surface area contributed by atoms with E-state index in [0.717, 1.165) is 28.3 Å². The van der Waals surface area contributed by atoms with E-state index in [4.69, 9.17) is 0 Å². The van der Waals surface area contributed by atoms with Crippen LogP contribution in [0.25, 0.3) is 76.0 Å². The van der Waals surface area contributed by atoms with Gasteiger partial charge in [0.15, 0.2) is 0 Å². The molecule has 0 radical (unpaired) electrons. The van der Waals surface area contributed by atoms with E-state index in [1.807, 2.05) is 17.4 Å². The van der Waals surface area contributed by atoms with Crippen LogP contribution in [0.2, 0.25) is 0 Å². The van der Waals surface area contributed by atoms with Crippen molar-refractivity contribution in [2.24, 2.45) is 0 Å². The molecule has 13 rings (SSSR count). The topological polar surface area (TPSA) is 8.17 Å². The largest absolute Gasteiger partial charge is 0.310 e. The molecule has 0 amide bonds. The number of thiophene rings is 1. The number of nitrogens with zero attached hydrogens (tertiary/aromatic N) is 2. The molecule has 0 unspecified atom stereocenters. The maximum Gasteiger partial charge on any atom is 0.0726 e. The molecular formula is C57H36N2S. The van der Waals surface area contributed by atoms with Crippen LogP contribution in [0.1, 0.15) is 27.8 Å². The van der Waals surface area contributed by atoms with Gasteiger partial charge in [-0.25, -0.2) is 0 Å². The maximum absolute atomic E-state index is 4.08. The first-order valence-corrected chi connectivity index (χ1v) is 21.4. The first kappa shape index (κ1) is 33.5. The molecule has 0 bridgehead atoms. The lowest BCUT2D eigenvalue weighted by molar-refractivity contribution is 0.794. The van der Waals surface area contributed by atoms with Gasteiger partial charge in [-0.1, -0.05) is 152 Å². The van der Waals surface area contributed by atoms with Gasteiger partial charge in [-0.2, -0.15) is 0 Å². The fourth-order valence-corrected chi connectivity index (χ4v) is 11.8. The number of para-hydroxylation sites is 1. The standard InChI is InChI=1S/C57H36N2S/c1-2-36-27-29-38(30-28-36)58(51-25-14-24-50-56(51)44-20-8-12-23-49(44)57(50)47-21-10-6-17-40(47)41-18-7-11-22-48(41)57)39-31-32-42-45-35-55-46(43-19-9-13-26-54(43)60-55)34-53(45)59(52(42)33-39)37-15-4-3-5-16-37/h2-35H,1H2. The zero-order valence-electron chi connectivity index (χ0n) is 32.6. The van der Waals surface area contributed by atoms with Crippen LogP contribution in [-0.4, -0.2) is 4.57 Å². The maximum atomic E-state index is 4.08. The Bertz CT molecular complexity index is 3520. The summed E-state index contributed by atoms with van der Waals surface area (Å²) in [5.41, 5.74) is 18.0. The Hall–Kier alpha value is -7.46. The number of rotatable bonds is 5. The van der Waals surface area contributed by atoms with Gasteiger partial charge in [0.25, 0.3) is 0 Å². The van der Waals surface area contributed by atoms with Gasteiger partial charge in [-0.15, -0.1) is 11.3 Å². The molecule has 0 aliphatic heterocycles. The van der Waals surface area contributed by atoms with Gasteiger partial charge in [-0.05, 0) is 105 Å². The normalized spacial score (nSPS) is 13.2. The van der Waals surface area contributed by atoms with Crippen molar-refractivity contribution in [3.05, 3.63) is 235 Å². The number of aromatic nitrogens is 1. The molecule has 1 spiro atoms. The van der Waals surface area contributed by atoms with E-state index < -0.39 is 5.41 Å². The summed E-state index contributed by atoms with van der Waals surface area (Å²) in [5.74, 6) is 0. The molecule has 2 aliphatic carbocycles. The van der Waals surface area contributed by atoms with Crippen LogP contribution in [0, 0.1) is 0 Å². The number of fused-ring (bicyclic) bond motifs is 16. The minimum absolute atomic E-state index is 0.436. The van der Waals surface area contributed by atoms with E-state index in [9.17, 15) is 0 Å². The minimum atomic E-state index is -0.436. The van der Waals surface area contributed by atoms with E-state index in [2.05, 4.69) is 216 Å². The van der Waals surface area contributed by atoms with Gasteiger partial charge < -0.3 is 9.47 Å². The summed E-state index contributed by atoms with van der Waals surface area (Å²) in [7, 11) is 0. The third-order valence-electron chi connectivity index (χ3n) is 13.1. The Morgan fingerprint density at radius 1 is 0.450 bits per heavy atom. The summed E-state index contributed by atoms with van der Waals surface area (Å²) in [5, 5.41) is 5.11. The van der Waals surface area contributed by atoms with Crippen molar-refractivity contribution in [2.45, 2.75) is 5.41 Å². The fraction of sp³-hybridized carbons (Fsp3) is 0.0175. The van der Waals surface area contributed by atoms with E-state index >= 15 is 0 Å². The zero-order chi connectivity index (χ0) is 39.5. The third kappa shape index (κ3) is 4.42. The summed E-state index contributed by atoms with van der Waals surface area (Å²) in [6.07, 6.45) is 1.92. The molecule has 9 aromatic carbocycles. The summed E-state index contributed by atoms with van der Waals surface area (Å²) >= 11 is 1.88. The summed E-state index contributed by atoms with van der Waals surface area (Å²) in [6.45, 7) is 4.08. The number of benzene rings is 9. The number of hydrogen-bond donors (Lipinski definition) is 0.